The fourth-order valence-corrected chi connectivity index (χ4v) is 3.03. The molecule has 0 aliphatic heterocycles. The number of esters is 1. The van der Waals surface area contributed by atoms with Crippen molar-refractivity contribution in [2.24, 2.45) is 10.8 Å². The second-order valence-corrected chi connectivity index (χ2v) is 6.64. The number of carbonyl (C=O) groups is 1. The molecule has 0 radical (unpaired) electrons. The van der Waals surface area contributed by atoms with Crippen molar-refractivity contribution in [3.63, 3.8) is 0 Å². The smallest absolute Gasteiger partial charge is 0.357 e. The van der Waals surface area contributed by atoms with Gasteiger partial charge in [-0.2, -0.15) is 0 Å². The molecule has 1 aliphatic rings. The van der Waals surface area contributed by atoms with Crippen molar-refractivity contribution in [3.8, 4) is 0 Å². The molecular formula is C13H20N2O2S. The third kappa shape index (κ3) is 2.00. The molecule has 1 saturated carbocycles. The summed E-state index contributed by atoms with van der Waals surface area (Å²) in [5, 5.41) is 5.95. The molecule has 0 bridgehead atoms. The topological polar surface area (TPSA) is 51.2 Å². The SMILES string of the molecule is CCOC(=O)c1csc(NC2C(C)(C)C2(C)C)n1. The Balaban J connectivity index is 2.03. The Kier molecular flexibility index (Phi) is 3.13. The van der Waals surface area contributed by atoms with Crippen LogP contribution in [0.25, 0.3) is 0 Å². The van der Waals surface area contributed by atoms with Gasteiger partial charge in [0.2, 0.25) is 0 Å². The summed E-state index contributed by atoms with van der Waals surface area (Å²) >= 11 is 1.45. The van der Waals surface area contributed by atoms with Crippen molar-refractivity contribution in [2.75, 3.05) is 11.9 Å². The van der Waals surface area contributed by atoms with Crippen LogP contribution in [0.3, 0.4) is 0 Å². The van der Waals surface area contributed by atoms with Crippen molar-refractivity contribution in [2.45, 2.75) is 40.7 Å². The van der Waals surface area contributed by atoms with Crippen LogP contribution >= 0.6 is 11.3 Å². The van der Waals surface area contributed by atoms with Crippen LogP contribution in [0.1, 0.15) is 45.1 Å². The van der Waals surface area contributed by atoms with E-state index in [1.165, 1.54) is 11.3 Å². The monoisotopic (exact) mass is 268 g/mol. The molecule has 1 fully saturated rings. The first kappa shape index (κ1) is 13.3. The van der Waals surface area contributed by atoms with E-state index >= 15 is 0 Å². The molecular weight excluding hydrogens is 248 g/mol. The average molecular weight is 268 g/mol. The predicted molar refractivity (Wildman–Crippen MR) is 73.0 cm³/mol. The Morgan fingerprint density at radius 2 is 2.06 bits per heavy atom. The van der Waals surface area contributed by atoms with Crippen molar-refractivity contribution in [1.82, 2.24) is 4.98 Å². The van der Waals surface area contributed by atoms with Crippen molar-refractivity contribution in [3.05, 3.63) is 11.1 Å². The average Bonchev–Trinajstić information content (AvgIpc) is 2.69. The summed E-state index contributed by atoms with van der Waals surface area (Å²) in [4.78, 5) is 15.8. The summed E-state index contributed by atoms with van der Waals surface area (Å²) in [5.41, 5.74) is 0.895. The molecule has 100 valence electrons. The highest BCUT2D eigenvalue weighted by molar-refractivity contribution is 7.13. The van der Waals surface area contributed by atoms with Crippen LogP contribution in [-0.2, 0) is 4.74 Å². The van der Waals surface area contributed by atoms with E-state index in [1.807, 2.05) is 0 Å². The number of nitrogens with one attached hydrogen (secondary N) is 1. The predicted octanol–water partition coefficient (Wildman–Crippen LogP) is 3.17. The molecule has 18 heavy (non-hydrogen) atoms. The molecule has 0 aromatic carbocycles. The maximum Gasteiger partial charge on any atom is 0.357 e. The largest absolute Gasteiger partial charge is 0.461 e. The highest BCUT2D eigenvalue weighted by Gasteiger charge is 2.65. The zero-order valence-electron chi connectivity index (χ0n) is 11.5. The van der Waals surface area contributed by atoms with Crippen LogP contribution in [0.2, 0.25) is 0 Å². The standard InChI is InChI=1S/C13H20N2O2S/c1-6-17-9(16)8-7-18-11(14-8)15-10-12(2,3)13(10,4)5/h7,10H,6H2,1-5H3,(H,14,15). The van der Waals surface area contributed by atoms with Crippen LogP contribution in [0.15, 0.2) is 5.38 Å². The lowest BCUT2D eigenvalue weighted by Crippen LogP contribution is -2.10. The first-order valence-corrected chi connectivity index (χ1v) is 7.08. The van der Waals surface area contributed by atoms with E-state index in [9.17, 15) is 4.79 Å². The van der Waals surface area contributed by atoms with Crippen molar-refractivity contribution >= 4 is 22.4 Å². The lowest BCUT2D eigenvalue weighted by Gasteiger charge is -2.03. The summed E-state index contributed by atoms with van der Waals surface area (Å²) in [6.45, 7) is 11.1. The summed E-state index contributed by atoms with van der Waals surface area (Å²) in [6.07, 6.45) is 0. The molecule has 1 aromatic rings. The Morgan fingerprint density at radius 1 is 1.44 bits per heavy atom. The van der Waals surface area contributed by atoms with Gasteiger partial charge in [-0.1, -0.05) is 27.7 Å². The van der Waals surface area contributed by atoms with E-state index < -0.39 is 0 Å². The molecule has 0 unspecified atom stereocenters. The van der Waals surface area contributed by atoms with Gasteiger partial charge in [0.1, 0.15) is 0 Å². The second-order valence-electron chi connectivity index (χ2n) is 5.78. The first-order chi connectivity index (χ1) is 8.30. The summed E-state index contributed by atoms with van der Waals surface area (Å²) in [6, 6.07) is 0.395. The minimum atomic E-state index is -0.351. The zero-order chi connectivity index (χ0) is 13.6. The molecule has 1 aromatic heterocycles. The van der Waals surface area contributed by atoms with Gasteiger partial charge in [0.15, 0.2) is 10.8 Å². The van der Waals surface area contributed by atoms with Gasteiger partial charge in [-0.15, -0.1) is 11.3 Å². The van der Waals surface area contributed by atoms with E-state index in [0.717, 1.165) is 5.13 Å². The summed E-state index contributed by atoms with van der Waals surface area (Å²) in [7, 11) is 0. The zero-order valence-corrected chi connectivity index (χ0v) is 12.4. The Hall–Kier alpha value is -1.10. The minimum absolute atomic E-state index is 0.253. The lowest BCUT2D eigenvalue weighted by molar-refractivity contribution is 0.0520. The van der Waals surface area contributed by atoms with Crippen LogP contribution in [0, 0.1) is 10.8 Å². The fraction of sp³-hybridized carbons (Fsp3) is 0.692. The maximum atomic E-state index is 11.5. The molecule has 5 heteroatoms. The summed E-state index contributed by atoms with van der Waals surface area (Å²) in [5.74, 6) is -0.351. The lowest BCUT2D eigenvalue weighted by atomic mass is 10.0. The molecule has 1 N–H and O–H groups in total. The van der Waals surface area contributed by atoms with Crippen LogP contribution in [-0.4, -0.2) is 23.6 Å². The quantitative estimate of drug-likeness (QED) is 0.852. The van der Waals surface area contributed by atoms with Gasteiger partial charge < -0.3 is 10.1 Å². The molecule has 0 amide bonds. The van der Waals surface area contributed by atoms with Gasteiger partial charge >= 0.3 is 5.97 Å². The van der Waals surface area contributed by atoms with Crippen molar-refractivity contribution in [1.29, 1.82) is 0 Å². The number of thiazole rings is 1. The highest BCUT2D eigenvalue weighted by atomic mass is 32.1. The fourth-order valence-electron chi connectivity index (χ4n) is 2.32. The number of carbonyl (C=O) groups excluding carboxylic acids is 1. The Labute approximate surface area is 112 Å². The number of anilines is 1. The number of hydrogen-bond acceptors (Lipinski definition) is 5. The van der Waals surface area contributed by atoms with Gasteiger partial charge in [-0.25, -0.2) is 9.78 Å². The van der Waals surface area contributed by atoms with E-state index in [2.05, 4.69) is 38.0 Å². The van der Waals surface area contributed by atoms with E-state index in [0.29, 0.717) is 18.3 Å². The Morgan fingerprint density at radius 3 is 2.56 bits per heavy atom. The van der Waals surface area contributed by atoms with Crippen LogP contribution < -0.4 is 5.32 Å². The maximum absolute atomic E-state index is 11.5. The normalized spacial score (nSPS) is 20.5. The molecule has 0 atom stereocenters. The molecule has 1 aliphatic carbocycles. The molecule has 0 saturated heterocycles. The second kappa shape index (κ2) is 4.23. The van der Waals surface area contributed by atoms with Crippen LogP contribution in [0.5, 0.6) is 0 Å². The molecule has 4 nitrogen and oxygen atoms in total. The number of ether oxygens (including phenoxy) is 1. The van der Waals surface area contributed by atoms with E-state index in [1.54, 1.807) is 12.3 Å². The molecule has 0 spiro atoms. The number of aromatic nitrogens is 1. The number of rotatable bonds is 4. The van der Waals surface area contributed by atoms with Gasteiger partial charge in [-0.05, 0) is 17.8 Å². The van der Waals surface area contributed by atoms with Crippen molar-refractivity contribution < 1.29 is 9.53 Å². The van der Waals surface area contributed by atoms with Gasteiger partial charge in [0.25, 0.3) is 0 Å². The molecule has 1 heterocycles. The minimum Gasteiger partial charge on any atom is -0.461 e. The molecule has 2 rings (SSSR count). The number of nitrogens with zero attached hydrogens (tertiary/aromatic N) is 1. The summed E-state index contributed by atoms with van der Waals surface area (Å²) < 4.78 is 4.92. The highest BCUT2D eigenvalue weighted by Crippen LogP contribution is 2.63. The third-order valence-electron chi connectivity index (χ3n) is 4.28. The first-order valence-electron chi connectivity index (χ1n) is 6.20. The van der Waals surface area contributed by atoms with Gasteiger partial charge in [0.05, 0.1) is 6.61 Å². The third-order valence-corrected chi connectivity index (χ3v) is 5.05. The number of hydrogen-bond donors (Lipinski definition) is 1. The van der Waals surface area contributed by atoms with Gasteiger partial charge in [-0.3, -0.25) is 0 Å². The van der Waals surface area contributed by atoms with Crippen LogP contribution in [0.4, 0.5) is 5.13 Å². The Bertz CT molecular complexity index is 451. The van der Waals surface area contributed by atoms with E-state index in [4.69, 9.17) is 4.74 Å². The van der Waals surface area contributed by atoms with Gasteiger partial charge in [0, 0.05) is 11.4 Å². The van der Waals surface area contributed by atoms with E-state index in [-0.39, 0.29) is 16.8 Å².